The fourth-order valence-corrected chi connectivity index (χ4v) is 0.823. The molecule has 1 aliphatic rings. The predicted molar refractivity (Wildman–Crippen MR) is 52.9 cm³/mol. The molecule has 0 radical (unpaired) electrons. The van der Waals surface area contributed by atoms with Crippen molar-refractivity contribution < 1.29 is 19.4 Å². The topological polar surface area (TPSA) is 55.8 Å². The molecule has 0 amide bonds. The minimum absolute atomic E-state index is 0.150. The van der Waals surface area contributed by atoms with Gasteiger partial charge in [0.2, 0.25) is 0 Å². The number of carbonyl (C=O) groups excluding carboxylic acids is 1. The van der Waals surface area contributed by atoms with Gasteiger partial charge in [-0.1, -0.05) is 12.2 Å². The molecule has 4 nitrogen and oxygen atoms in total. The van der Waals surface area contributed by atoms with Crippen LogP contribution in [0, 0.1) is 0 Å². The van der Waals surface area contributed by atoms with Crippen molar-refractivity contribution in [2.24, 2.45) is 0 Å². The maximum atomic E-state index is 10.4. The summed E-state index contributed by atoms with van der Waals surface area (Å²) in [4.78, 5) is 10.4. The van der Waals surface area contributed by atoms with Gasteiger partial charge >= 0.3 is 5.97 Å². The van der Waals surface area contributed by atoms with Crippen molar-refractivity contribution >= 4 is 5.97 Å². The van der Waals surface area contributed by atoms with Crippen LogP contribution in [0.1, 0.15) is 19.3 Å². The van der Waals surface area contributed by atoms with Crippen molar-refractivity contribution in [3.05, 3.63) is 12.2 Å². The molecule has 82 valence electrons. The smallest absolute Gasteiger partial charge is 0.305 e. The third-order valence-electron chi connectivity index (χ3n) is 1.61. The Morgan fingerprint density at radius 1 is 1.43 bits per heavy atom. The minimum atomic E-state index is -0.205. The number of unbranched alkanes of at least 4 members (excludes halogenated alkanes) is 1. The van der Waals surface area contributed by atoms with Crippen LogP contribution in [-0.2, 0) is 14.3 Å². The van der Waals surface area contributed by atoms with Crippen LogP contribution >= 0.6 is 0 Å². The zero-order chi connectivity index (χ0) is 10.6. The van der Waals surface area contributed by atoms with Crippen LogP contribution in [-0.4, -0.2) is 38.0 Å². The van der Waals surface area contributed by atoms with Crippen LogP contribution in [0.3, 0.4) is 0 Å². The molecule has 0 aromatic rings. The standard InChI is InChI=1S/C6H12O3.C4H6O/c1-9-6(8)4-2-3-5-7;1-2-4-5-3-1/h7H,2-5H2,1H3;1-2H,3-4H2. The van der Waals surface area contributed by atoms with E-state index in [-0.39, 0.29) is 12.6 Å². The SMILES string of the molecule is C1=CCOC1.COC(=O)CCCCO. The summed E-state index contributed by atoms with van der Waals surface area (Å²) in [6.07, 6.45) is 5.83. The Morgan fingerprint density at radius 3 is 2.43 bits per heavy atom. The monoisotopic (exact) mass is 202 g/mol. The number of ether oxygens (including phenoxy) is 2. The first-order valence-electron chi connectivity index (χ1n) is 4.71. The molecular formula is C10H18O4. The highest BCUT2D eigenvalue weighted by molar-refractivity contribution is 5.68. The molecule has 0 fully saturated rings. The van der Waals surface area contributed by atoms with E-state index in [1.807, 2.05) is 12.2 Å². The van der Waals surface area contributed by atoms with Crippen molar-refractivity contribution in [1.82, 2.24) is 0 Å². The van der Waals surface area contributed by atoms with E-state index in [4.69, 9.17) is 9.84 Å². The van der Waals surface area contributed by atoms with E-state index in [0.29, 0.717) is 19.3 Å². The number of aliphatic hydroxyl groups is 1. The molecule has 0 saturated heterocycles. The van der Waals surface area contributed by atoms with Crippen molar-refractivity contribution in [2.75, 3.05) is 26.9 Å². The van der Waals surface area contributed by atoms with Crippen LogP contribution in [0.15, 0.2) is 12.2 Å². The number of hydrogen-bond acceptors (Lipinski definition) is 4. The maximum Gasteiger partial charge on any atom is 0.305 e. The lowest BCUT2D eigenvalue weighted by molar-refractivity contribution is -0.140. The number of carbonyl (C=O) groups is 1. The fraction of sp³-hybridized carbons (Fsp3) is 0.700. The van der Waals surface area contributed by atoms with Crippen LogP contribution in [0.4, 0.5) is 0 Å². The summed E-state index contributed by atoms with van der Waals surface area (Å²) in [6.45, 7) is 1.79. The molecule has 4 heteroatoms. The summed E-state index contributed by atoms with van der Waals surface area (Å²) in [5.41, 5.74) is 0. The van der Waals surface area contributed by atoms with E-state index in [2.05, 4.69) is 4.74 Å². The second-order valence-electron chi connectivity index (χ2n) is 2.77. The lowest BCUT2D eigenvalue weighted by Gasteiger charge is -1.95. The summed E-state index contributed by atoms with van der Waals surface area (Å²) < 4.78 is 9.21. The molecule has 0 aliphatic carbocycles. The molecular weight excluding hydrogens is 184 g/mol. The van der Waals surface area contributed by atoms with Gasteiger partial charge in [-0.3, -0.25) is 4.79 Å². The molecule has 1 aliphatic heterocycles. The van der Waals surface area contributed by atoms with Crippen LogP contribution in [0.25, 0.3) is 0 Å². The van der Waals surface area contributed by atoms with Crippen LogP contribution < -0.4 is 0 Å². The average molecular weight is 202 g/mol. The maximum absolute atomic E-state index is 10.4. The molecule has 0 atom stereocenters. The van der Waals surface area contributed by atoms with Crippen LogP contribution in [0.2, 0.25) is 0 Å². The van der Waals surface area contributed by atoms with Gasteiger partial charge in [0, 0.05) is 13.0 Å². The van der Waals surface area contributed by atoms with Crippen molar-refractivity contribution in [3.8, 4) is 0 Å². The van der Waals surface area contributed by atoms with Crippen molar-refractivity contribution in [1.29, 1.82) is 0 Å². The van der Waals surface area contributed by atoms with Gasteiger partial charge < -0.3 is 14.6 Å². The van der Waals surface area contributed by atoms with E-state index in [1.165, 1.54) is 7.11 Å². The Morgan fingerprint density at radius 2 is 2.07 bits per heavy atom. The molecule has 1 heterocycles. The quantitative estimate of drug-likeness (QED) is 0.418. The third-order valence-corrected chi connectivity index (χ3v) is 1.61. The van der Waals surface area contributed by atoms with E-state index >= 15 is 0 Å². The zero-order valence-electron chi connectivity index (χ0n) is 8.57. The van der Waals surface area contributed by atoms with Crippen molar-refractivity contribution in [2.45, 2.75) is 19.3 Å². The van der Waals surface area contributed by atoms with E-state index in [1.54, 1.807) is 0 Å². The second kappa shape index (κ2) is 10.2. The molecule has 0 aromatic carbocycles. The highest BCUT2D eigenvalue weighted by Gasteiger charge is 1.96. The molecule has 14 heavy (non-hydrogen) atoms. The van der Waals surface area contributed by atoms with Gasteiger partial charge in [0.15, 0.2) is 0 Å². The zero-order valence-corrected chi connectivity index (χ0v) is 8.57. The summed E-state index contributed by atoms with van der Waals surface area (Å²) in [7, 11) is 1.36. The van der Waals surface area contributed by atoms with Crippen LogP contribution in [0.5, 0.6) is 0 Å². The minimum Gasteiger partial charge on any atom is -0.469 e. The fourth-order valence-electron chi connectivity index (χ4n) is 0.823. The average Bonchev–Trinajstić information content (AvgIpc) is 2.76. The highest BCUT2D eigenvalue weighted by Crippen LogP contribution is 1.94. The van der Waals surface area contributed by atoms with Crippen molar-refractivity contribution in [3.63, 3.8) is 0 Å². The summed E-state index contributed by atoms with van der Waals surface area (Å²) in [5.74, 6) is -0.205. The lowest BCUT2D eigenvalue weighted by atomic mass is 10.2. The molecule has 0 spiro atoms. The first-order valence-corrected chi connectivity index (χ1v) is 4.71. The van der Waals surface area contributed by atoms with Gasteiger partial charge in [-0.05, 0) is 12.8 Å². The number of esters is 1. The second-order valence-corrected chi connectivity index (χ2v) is 2.77. The third kappa shape index (κ3) is 9.22. The predicted octanol–water partition coefficient (Wildman–Crippen LogP) is 0.895. The molecule has 0 unspecified atom stereocenters. The number of aliphatic hydroxyl groups excluding tert-OH is 1. The first kappa shape index (κ1) is 13.1. The van der Waals surface area contributed by atoms with Gasteiger partial charge in [0.05, 0.1) is 20.3 Å². The first-order chi connectivity index (χ1) is 6.81. The molecule has 0 aromatic heterocycles. The largest absolute Gasteiger partial charge is 0.469 e. The summed E-state index contributed by atoms with van der Waals surface area (Å²) in [5, 5.41) is 8.30. The van der Waals surface area contributed by atoms with E-state index in [9.17, 15) is 4.79 Å². The molecule has 1 N–H and O–H groups in total. The molecule has 0 saturated carbocycles. The Labute approximate surface area is 84.5 Å². The normalized spacial score (nSPS) is 13.3. The lowest BCUT2D eigenvalue weighted by Crippen LogP contribution is -1.99. The van der Waals surface area contributed by atoms with E-state index in [0.717, 1.165) is 13.2 Å². The van der Waals surface area contributed by atoms with Gasteiger partial charge in [-0.25, -0.2) is 0 Å². The number of methoxy groups -OCH3 is 1. The molecule has 1 rings (SSSR count). The Kier molecular flexibility index (Phi) is 9.58. The van der Waals surface area contributed by atoms with Gasteiger partial charge in [0.25, 0.3) is 0 Å². The van der Waals surface area contributed by atoms with Gasteiger partial charge in [0.1, 0.15) is 0 Å². The van der Waals surface area contributed by atoms with Gasteiger partial charge in [-0.2, -0.15) is 0 Å². The van der Waals surface area contributed by atoms with E-state index < -0.39 is 0 Å². The summed E-state index contributed by atoms with van der Waals surface area (Å²) >= 11 is 0. The van der Waals surface area contributed by atoms with Gasteiger partial charge in [-0.15, -0.1) is 0 Å². The number of hydrogen-bond donors (Lipinski definition) is 1. The number of rotatable bonds is 4. The summed E-state index contributed by atoms with van der Waals surface area (Å²) in [6, 6.07) is 0. The Hall–Kier alpha value is -0.870. The Balaban J connectivity index is 0.000000280. The highest BCUT2D eigenvalue weighted by atomic mass is 16.5. The molecule has 0 bridgehead atoms. The Bertz CT molecular complexity index is 160.